The summed E-state index contributed by atoms with van der Waals surface area (Å²) in [5.74, 6) is -0.159. The van der Waals surface area contributed by atoms with E-state index in [4.69, 9.17) is 21.4 Å². The molecule has 1 aromatic carbocycles. The van der Waals surface area contributed by atoms with E-state index in [0.717, 1.165) is 17.6 Å². The lowest BCUT2D eigenvalue weighted by atomic mass is 10.0. The number of ether oxygens (including phenoxy) is 1. The summed E-state index contributed by atoms with van der Waals surface area (Å²) < 4.78 is 5.06. The first-order chi connectivity index (χ1) is 8.08. The van der Waals surface area contributed by atoms with Gasteiger partial charge >= 0.3 is 5.97 Å². The quantitative estimate of drug-likeness (QED) is 0.873. The Morgan fingerprint density at radius 3 is 2.71 bits per heavy atom. The van der Waals surface area contributed by atoms with Crippen molar-refractivity contribution in [2.75, 3.05) is 7.11 Å². The predicted octanol–water partition coefficient (Wildman–Crippen LogP) is 3.62. The Labute approximate surface area is 106 Å². The van der Waals surface area contributed by atoms with E-state index in [1.165, 1.54) is 0 Å². The van der Waals surface area contributed by atoms with E-state index in [9.17, 15) is 4.79 Å². The minimum atomic E-state index is -0.847. The van der Waals surface area contributed by atoms with Crippen molar-refractivity contribution in [1.29, 1.82) is 0 Å². The van der Waals surface area contributed by atoms with Gasteiger partial charge in [-0.15, -0.1) is 0 Å². The van der Waals surface area contributed by atoms with Gasteiger partial charge in [0.15, 0.2) is 0 Å². The average Bonchev–Trinajstić information content (AvgIpc) is 2.31. The zero-order valence-electron chi connectivity index (χ0n) is 9.87. The largest absolute Gasteiger partial charge is 0.497 e. The van der Waals surface area contributed by atoms with Gasteiger partial charge in [-0.25, -0.2) is 0 Å². The number of hydrogen-bond donors (Lipinski definition) is 1. The zero-order valence-corrected chi connectivity index (χ0v) is 10.6. The minimum absolute atomic E-state index is 0.00549. The molecule has 0 heterocycles. The van der Waals surface area contributed by atoms with Crippen LogP contribution in [0.25, 0.3) is 5.57 Å². The van der Waals surface area contributed by atoms with E-state index in [-0.39, 0.29) is 6.42 Å². The molecular formula is C13H15ClO3. The number of carbonyl (C=O) groups is 1. The van der Waals surface area contributed by atoms with Gasteiger partial charge in [0.25, 0.3) is 0 Å². The third kappa shape index (κ3) is 3.79. The molecule has 0 aliphatic heterocycles. The van der Waals surface area contributed by atoms with Gasteiger partial charge in [0.2, 0.25) is 0 Å². The summed E-state index contributed by atoms with van der Waals surface area (Å²) >= 11 is 6.13. The van der Waals surface area contributed by atoms with E-state index in [1.807, 2.05) is 19.1 Å². The Kier molecular flexibility index (Phi) is 5.04. The molecule has 0 atom stereocenters. The zero-order chi connectivity index (χ0) is 12.8. The summed E-state index contributed by atoms with van der Waals surface area (Å²) in [6.07, 6.45) is 2.43. The van der Waals surface area contributed by atoms with E-state index < -0.39 is 5.97 Å². The molecule has 17 heavy (non-hydrogen) atoms. The number of allylic oxidation sites excluding steroid dienone is 1. The molecule has 0 aliphatic rings. The Hall–Kier alpha value is -1.48. The number of rotatable bonds is 5. The van der Waals surface area contributed by atoms with Gasteiger partial charge in [0.05, 0.1) is 18.6 Å². The van der Waals surface area contributed by atoms with Crippen molar-refractivity contribution in [3.05, 3.63) is 34.9 Å². The first-order valence-electron chi connectivity index (χ1n) is 5.33. The van der Waals surface area contributed by atoms with Crippen LogP contribution in [0.3, 0.4) is 0 Å². The van der Waals surface area contributed by atoms with Crippen LogP contribution in [0.5, 0.6) is 5.75 Å². The van der Waals surface area contributed by atoms with E-state index in [0.29, 0.717) is 10.8 Å². The van der Waals surface area contributed by atoms with Crippen LogP contribution in [-0.4, -0.2) is 18.2 Å². The highest BCUT2D eigenvalue weighted by Gasteiger charge is 2.07. The van der Waals surface area contributed by atoms with Gasteiger partial charge in [0.1, 0.15) is 5.75 Å². The molecule has 92 valence electrons. The third-order valence-corrected chi connectivity index (χ3v) is 2.74. The van der Waals surface area contributed by atoms with Gasteiger partial charge in [-0.3, -0.25) is 4.79 Å². The molecule has 1 aromatic rings. The fourth-order valence-corrected chi connectivity index (χ4v) is 1.83. The van der Waals surface area contributed by atoms with Crippen LogP contribution in [0.2, 0.25) is 5.02 Å². The summed E-state index contributed by atoms with van der Waals surface area (Å²) in [5, 5.41) is 9.23. The van der Waals surface area contributed by atoms with Gasteiger partial charge in [-0.1, -0.05) is 24.6 Å². The molecule has 4 heteroatoms. The van der Waals surface area contributed by atoms with Crippen molar-refractivity contribution < 1.29 is 14.6 Å². The Bertz CT molecular complexity index is 438. The molecule has 3 nitrogen and oxygen atoms in total. The molecule has 0 bridgehead atoms. The number of carboxylic acid groups (broad SMARTS) is 1. The SMILES string of the molecule is CC/C(=C\CC(=O)O)c1ccc(OC)cc1Cl. The topological polar surface area (TPSA) is 46.5 Å². The lowest BCUT2D eigenvalue weighted by molar-refractivity contribution is -0.135. The second-order valence-electron chi connectivity index (χ2n) is 3.53. The van der Waals surface area contributed by atoms with Gasteiger partial charge in [0, 0.05) is 0 Å². The Morgan fingerprint density at radius 1 is 1.53 bits per heavy atom. The summed E-state index contributed by atoms with van der Waals surface area (Å²) in [5.41, 5.74) is 1.79. The van der Waals surface area contributed by atoms with Crippen molar-refractivity contribution in [3.8, 4) is 5.75 Å². The van der Waals surface area contributed by atoms with Crippen molar-refractivity contribution in [2.45, 2.75) is 19.8 Å². The number of aliphatic carboxylic acids is 1. The van der Waals surface area contributed by atoms with E-state index >= 15 is 0 Å². The minimum Gasteiger partial charge on any atom is -0.497 e. The number of halogens is 1. The lowest BCUT2D eigenvalue weighted by Crippen LogP contribution is -1.93. The van der Waals surface area contributed by atoms with Crippen molar-refractivity contribution in [2.24, 2.45) is 0 Å². The highest BCUT2D eigenvalue weighted by molar-refractivity contribution is 6.32. The molecule has 0 aromatic heterocycles. The van der Waals surface area contributed by atoms with Crippen molar-refractivity contribution in [3.63, 3.8) is 0 Å². The van der Waals surface area contributed by atoms with Crippen molar-refractivity contribution in [1.82, 2.24) is 0 Å². The average molecular weight is 255 g/mol. The van der Waals surface area contributed by atoms with Gasteiger partial charge in [-0.2, -0.15) is 0 Å². The number of methoxy groups -OCH3 is 1. The molecule has 1 rings (SSSR count). The normalized spacial score (nSPS) is 11.4. The fourth-order valence-electron chi connectivity index (χ4n) is 1.54. The van der Waals surface area contributed by atoms with Gasteiger partial charge in [-0.05, 0) is 35.8 Å². The molecule has 0 saturated carbocycles. The smallest absolute Gasteiger partial charge is 0.307 e. The Morgan fingerprint density at radius 2 is 2.24 bits per heavy atom. The maximum atomic E-state index is 10.5. The van der Waals surface area contributed by atoms with Crippen molar-refractivity contribution >= 4 is 23.1 Å². The molecule has 0 unspecified atom stereocenters. The predicted molar refractivity (Wildman–Crippen MR) is 68.5 cm³/mol. The second kappa shape index (κ2) is 6.30. The van der Waals surface area contributed by atoms with Crippen LogP contribution >= 0.6 is 11.6 Å². The molecule has 0 fully saturated rings. The lowest BCUT2D eigenvalue weighted by Gasteiger charge is -2.09. The van der Waals surface area contributed by atoms with Crippen LogP contribution < -0.4 is 4.74 Å². The van der Waals surface area contributed by atoms with Crippen LogP contribution in [0.15, 0.2) is 24.3 Å². The second-order valence-corrected chi connectivity index (χ2v) is 3.93. The van der Waals surface area contributed by atoms with Crippen LogP contribution in [0, 0.1) is 0 Å². The standard InChI is InChI=1S/C13H15ClO3/c1-3-9(4-7-13(15)16)11-6-5-10(17-2)8-12(11)14/h4-6,8H,3,7H2,1-2H3,(H,15,16)/b9-4+. The number of carboxylic acids is 1. The van der Waals surface area contributed by atoms with E-state index in [1.54, 1.807) is 19.3 Å². The summed E-state index contributed by atoms with van der Waals surface area (Å²) in [6.45, 7) is 1.97. The monoisotopic (exact) mass is 254 g/mol. The van der Waals surface area contributed by atoms with Gasteiger partial charge < -0.3 is 9.84 Å². The fraction of sp³-hybridized carbons (Fsp3) is 0.308. The van der Waals surface area contributed by atoms with Crippen LogP contribution in [0.4, 0.5) is 0 Å². The molecule has 0 spiro atoms. The highest BCUT2D eigenvalue weighted by atomic mass is 35.5. The summed E-state index contributed by atoms with van der Waals surface area (Å²) in [6, 6.07) is 5.38. The van der Waals surface area contributed by atoms with Crippen LogP contribution in [-0.2, 0) is 4.79 Å². The third-order valence-electron chi connectivity index (χ3n) is 2.43. The number of hydrogen-bond acceptors (Lipinski definition) is 2. The molecule has 0 amide bonds. The molecule has 1 N–H and O–H groups in total. The maximum absolute atomic E-state index is 10.5. The molecule has 0 saturated heterocycles. The van der Waals surface area contributed by atoms with E-state index in [2.05, 4.69) is 0 Å². The summed E-state index contributed by atoms with van der Waals surface area (Å²) in [7, 11) is 1.58. The highest BCUT2D eigenvalue weighted by Crippen LogP contribution is 2.29. The number of benzene rings is 1. The molecule has 0 radical (unpaired) electrons. The molecule has 0 aliphatic carbocycles. The first-order valence-corrected chi connectivity index (χ1v) is 5.71. The maximum Gasteiger partial charge on any atom is 0.307 e. The van der Waals surface area contributed by atoms with Crippen LogP contribution in [0.1, 0.15) is 25.3 Å². The first kappa shape index (κ1) is 13.6. The summed E-state index contributed by atoms with van der Waals surface area (Å²) in [4.78, 5) is 10.5. The molecular weight excluding hydrogens is 240 g/mol. The Balaban J connectivity index is 3.04.